The molecule has 0 radical (unpaired) electrons. The Labute approximate surface area is 170 Å². The fourth-order valence-electron chi connectivity index (χ4n) is 2.46. The maximum absolute atomic E-state index is 12.3. The van der Waals surface area contributed by atoms with Gasteiger partial charge in [-0.25, -0.2) is 9.59 Å². The Kier molecular flexibility index (Phi) is 7.28. The van der Waals surface area contributed by atoms with Crippen LogP contribution in [0.1, 0.15) is 20.7 Å². The van der Waals surface area contributed by atoms with Crippen LogP contribution in [0.4, 0.5) is 11.4 Å². The van der Waals surface area contributed by atoms with E-state index in [4.69, 9.17) is 14.2 Å². The van der Waals surface area contributed by atoms with Gasteiger partial charge in [-0.15, -0.1) is 0 Å². The van der Waals surface area contributed by atoms with Crippen molar-refractivity contribution in [1.29, 1.82) is 0 Å². The molecule has 11 heteroatoms. The summed E-state index contributed by atoms with van der Waals surface area (Å²) in [7, 11) is 3.78. The molecule has 30 heavy (non-hydrogen) atoms. The van der Waals surface area contributed by atoms with E-state index in [-0.39, 0.29) is 22.7 Å². The smallest absolute Gasteiger partial charge is 0.345 e. The van der Waals surface area contributed by atoms with E-state index in [0.29, 0.717) is 0 Å². The lowest BCUT2D eigenvalue weighted by Gasteiger charge is -2.11. The molecule has 0 aromatic heterocycles. The molecule has 0 aliphatic heterocycles. The summed E-state index contributed by atoms with van der Waals surface area (Å²) in [4.78, 5) is 46.7. The second-order valence-electron chi connectivity index (χ2n) is 5.64. The molecule has 0 heterocycles. The summed E-state index contributed by atoms with van der Waals surface area (Å²) in [6.07, 6.45) is 0. The van der Waals surface area contributed by atoms with Gasteiger partial charge in [0.05, 0.1) is 43.6 Å². The highest BCUT2D eigenvalue weighted by molar-refractivity contribution is 6.02. The number of nitrogens with one attached hydrogen (secondary N) is 1. The number of hydrogen-bond donors (Lipinski definition) is 1. The lowest BCUT2D eigenvalue weighted by molar-refractivity contribution is -0.385. The zero-order chi connectivity index (χ0) is 22.3. The Bertz CT molecular complexity index is 988. The van der Waals surface area contributed by atoms with E-state index in [2.05, 4.69) is 10.1 Å². The zero-order valence-electron chi connectivity index (χ0n) is 16.3. The molecule has 11 nitrogen and oxygen atoms in total. The fourth-order valence-corrected chi connectivity index (χ4v) is 2.46. The van der Waals surface area contributed by atoms with Crippen LogP contribution in [0, 0.1) is 10.1 Å². The SMILES string of the molecule is COC(=O)c1ccccc1NC(=O)COC(=O)c1cc(OC)c(OC)cc1[N+](=O)[O-]. The minimum atomic E-state index is -1.11. The van der Waals surface area contributed by atoms with E-state index in [1.54, 1.807) is 12.1 Å². The Balaban J connectivity index is 2.15. The molecule has 0 atom stereocenters. The number of para-hydroxylation sites is 1. The topological polar surface area (TPSA) is 143 Å². The Morgan fingerprint density at radius 3 is 2.20 bits per heavy atom. The van der Waals surface area contributed by atoms with Crippen LogP contribution < -0.4 is 14.8 Å². The van der Waals surface area contributed by atoms with Crippen LogP contribution in [-0.4, -0.2) is 50.7 Å². The lowest BCUT2D eigenvalue weighted by atomic mass is 10.1. The van der Waals surface area contributed by atoms with Crippen molar-refractivity contribution < 1.29 is 38.3 Å². The van der Waals surface area contributed by atoms with Crippen molar-refractivity contribution >= 4 is 29.2 Å². The summed E-state index contributed by atoms with van der Waals surface area (Å²) >= 11 is 0. The second-order valence-corrected chi connectivity index (χ2v) is 5.64. The van der Waals surface area contributed by atoms with Crippen molar-refractivity contribution in [1.82, 2.24) is 0 Å². The molecule has 2 aromatic rings. The number of carbonyl (C=O) groups excluding carboxylic acids is 3. The third kappa shape index (κ3) is 5.01. The molecular weight excluding hydrogens is 400 g/mol. The summed E-state index contributed by atoms with van der Waals surface area (Å²) in [5, 5.41) is 13.7. The van der Waals surface area contributed by atoms with Gasteiger partial charge < -0.3 is 24.3 Å². The normalized spacial score (nSPS) is 9.97. The quantitative estimate of drug-likeness (QED) is 0.387. The minimum Gasteiger partial charge on any atom is -0.493 e. The number of benzene rings is 2. The van der Waals surface area contributed by atoms with Crippen molar-refractivity contribution in [3.8, 4) is 11.5 Å². The van der Waals surface area contributed by atoms with Gasteiger partial charge in [-0.1, -0.05) is 12.1 Å². The summed E-state index contributed by atoms with van der Waals surface area (Å²) in [5.41, 5.74) is -0.729. The van der Waals surface area contributed by atoms with Gasteiger partial charge in [0.2, 0.25) is 0 Å². The molecule has 1 N–H and O–H groups in total. The average Bonchev–Trinajstić information content (AvgIpc) is 2.76. The maximum atomic E-state index is 12.3. The van der Waals surface area contributed by atoms with Crippen molar-refractivity contribution in [2.24, 2.45) is 0 Å². The minimum absolute atomic E-state index is 0.0536. The van der Waals surface area contributed by atoms with Crippen LogP contribution in [0.2, 0.25) is 0 Å². The first-order valence-electron chi connectivity index (χ1n) is 8.37. The van der Waals surface area contributed by atoms with Crippen molar-refractivity contribution in [2.45, 2.75) is 0 Å². The molecule has 0 spiro atoms. The van der Waals surface area contributed by atoms with E-state index in [1.165, 1.54) is 33.5 Å². The summed E-state index contributed by atoms with van der Waals surface area (Å²) in [6, 6.07) is 8.18. The molecule has 0 bridgehead atoms. The van der Waals surface area contributed by atoms with Gasteiger partial charge in [-0.3, -0.25) is 14.9 Å². The first-order valence-corrected chi connectivity index (χ1v) is 8.37. The monoisotopic (exact) mass is 418 g/mol. The predicted molar refractivity (Wildman–Crippen MR) is 103 cm³/mol. The van der Waals surface area contributed by atoms with Crippen LogP contribution in [0.25, 0.3) is 0 Å². The number of amides is 1. The van der Waals surface area contributed by atoms with Gasteiger partial charge in [0.25, 0.3) is 11.6 Å². The number of ether oxygens (including phenoxy) is 4. The van der Waals surface area contributed by atoms with Gasteiger partial charge in [0.1, 0.15) is 5.56 Å². The number of carbonyl (C=O) groups is 3. The molecule has 0 aliphatic carbocycles. The Morgan fingerprint density at radius 1 is 0.967 bits per heavy atom. The number of esters is 2. The summed E-state index contributed by atoms with van der Waals surface area (Å²) in [6.45, 7) is -0.750. The van der Waals surface area contributed by atoms with E-state index in [9.17, 15) is 24.5 Å². The van der Waals surface area contributed by atoms with Gasteiger partial charge in [-0.05, 0) is 12.1 Å². The summed E-state index contributed by atoms with van der Waals surface area (Å²) in [5.74, 6) is -2.41. The molecule has 0 fully saturated rings. The number of nitro benzene ring substituents is 1. The number of hydrogen-bond acceptors (Lipinski definition) is 9. The standard InChI is InChI=1S/C19H18N2O9/c1-27-15-8-12(14(21(25)26)9-16(15)28-2)19(24)30-10-17(22)20-13-7-5-4-6-11(13)18(23)29-3/h4-9H,10H2,1-3H3,(H,20,22). The van der Waals surface area contributed by atoms with E-state index in [1.807, 2.05) is 0 Å². The van der Waals surface area contributed by atoms with E-state index >= 15 is 0 Å². The molecule has 0 saturated heterocycles. The summed E-state index contributed by atoms with van der Waals surface area (Å²) < 4.78 is 19.5. The molecule has 0 unspecified atom stereocenters. The van der Waals surface area contributed by atoms with Crippen molar-refractivity contribution in [3.63, 3.8) is 0 Å². The van der Waals surface area contributed by atoms with Crippen LogP contribution in [0.3, 0.4) is 0 Å². The molecule has 0 saturated carbocycles. The molecule has 1 amide bonds. The van der Waals surface area contributed by atoms with Crippen LogP contribution in [0.5, 0.6) is 11.5 Å². The third-order valence-electron chi connectivity index (χ3n) is 3.86. The van der Waals surface area contributed by atoms with E-state index < -0.39 is 40.6 Å². The Morgan fingerprint density at radius 2 is 1.60 bits per heavy atom. The van der Waals surface area contributed by atoms with Crippen molar-refractivity contribution in [3.05, 3.63) is 57.6 Å². The Hall–Kier alpha value is -4.15. The zero-order valence-corrected chi connectivity index (χ0v) is 16.3. The fraction of sp³-hybridized carbons (Fsp3) is 0.211. The third-order valence-corrected chi connectivity index (χ3v) is 3.86. The molecular formula is C19H18N2O9. The van der Waals surface area contributed by atoms with Crippen molar-refractivity contribution in [2.75, 3.05) is 33.3 Å². The molecule has 2 rings (SSSR count). The average molecular weight is 418 g/mol. The number of anilines is 1. The second kappa shape index (κ2) is 9.87. The van der Waals surface area contributed by atoms with Gasteiger partial charge in [0, 0.05) is 6.07 Å². The molecule has 2 aromatic carbocycles. The predicted octanol–water partition coefficient (Wildman–Crippen LogP) is 2.19. The van der Waals surface area contributed by atoms with Gasteiger partial charge in [-0.2, -0.15) is 0 Å². The molecule has 0 aliphatic rings. The maximum Gasteiger partial charge on any atom is 0.345 e. The number of rotatable bonds is 8. The highest BCUT2D eigenvalue weighted by Crippen LogP contribution is 2.34. The van der Waals surface area contributed by atoms with Crippen LogP contribution in [-0.2, 0) is 14.3 Å². The van der Waals surface area contributed by atoms with Crippen LogP contribution >= 0.6 is 0 Å². The van der Waals surface area contributed by atoms with Crippen LogP contribution in [0.15, 0.2) is 36.4 Å². The molecule has 158 valence electrons. The van der Waals surface area contributed by atoms with Gasteiger partial charge >= 0.3 is 11.9 Å². The highest BCUT2D eigenvalue weighted by atomic mass is 16.6. The number of methoxy groups -OCH3 is 3. The number of nitro groups is 1. The lowest BCUT2D eigenvalue weighted by Crippen LogP contribution is -2.22. The highest BCUT2D eigenvalue weighted by Gasteiger charge is 2.26. The first-order chi connectivity index (χ1) is 14.3. The first kappa shape index (κ1) is 22.1. The largest absolute Gasteiger partial charge is 0.493 e. The van der Waals surface area contributed by atoms with E-state index in [0.717, 1.165) is 12.1 Å². The number of nitrogens with zero attached hydrogens (tertiary/aromatic N) is 1. The van der Waals surface area contributed by atoms with Gasteiger partial charge in [0.15, 0.2) is 18.1 Å².